The molecule has 2 aromatic carbocycles. The van der Waals surface area contributed by atoms with Crippen LogP contribution in [0.15, 0.2) is 53.4 Å². The molecule has 0 spiro atoms. The molecule has 0 aromatic heterocycles. The third-order valence-corrected chi connectivity index (χ3v) is 4.42. The summed E-state index contributed by atoms with van der Waals surface area (Å²) in [7, 11) is -2.39. The molecule has 0 aliphatic carbocycles. The molecule has 1 amide bonds. The van der Waals surface area contributed by atoms with E-state index in [2.05, 4.69) is 0 Å². The molecule has 0 aliphatic rings. The van der Waals surface area contributed by atoms with Gasteiger partial charge in [-0.25, -0.2) is 13.1 Å². The van der Waals surface area contributed by atoms with Crippen molar-refractivity contribution in [2.75, 3.05) is 7.11 Å². The van der Waals surface area contributed by atoms with E-state index in [4.69, 9.17) is 16.3 Å². The zero-order valence-corrected chi connectivity index (χ0v) is 13.3. The molecule has 0 atom stereocenters. The average molecular weight is 340 g/mol. The van der Waals surface area contributed by atoms with Crippen LogP contribution in [0.25, 0.3) is 0 Å². The summed E-state index contributed by atoms with van der Waals surface area (Å²) in [6, 6.07) is 12.2. The Bertz CT molecular complexity index is 772. The van der Waals surface area contributed by atoms with E-state index in [1.54, 1.807) is 25.3 Å². The van der Waals surface area contributed by atoms with Gasteiger partial charge >= 0.3 is 0 Å². The molecule has 5 nitrogen and oxygen atoms in total. The number of rotatable bonds is 5. The van der Waals surface area contributed by atoms with Crippen molar-refractivity contribution in [3.63, 3.8) is 0 Å². The number of ether oxygens (including phenoxy) is 1. The van der Waals surface area contributed by atoms with Crippen molar-refractivity contribution in [2.24, 2.45) is 0 Å². The SMILES string of the molecule is COCc1ccc(C(=O)NS(=O)(=O)c2cccc(Cl)c2)cc1. The molecule has 7 heteroatoms. The van der Waals surface area contributed by atoms with Crippen LogP contribution in [0.1, 0.15) is 15.9 Å². The van der Waals surface area contributed by atoms with Crippen molar-refractivity contribution < 1.29 is 17.9 Å². The summed E-state index contributed by atoms with van der Waals surface area (Å²) in [6.07, 6.45) is 0. The van der Waals surface area contributed by atoms with E-state index in [9.17, 15) is 13.2 Å². The van der Waals surface area contributed by atoms with Crippen LogP contribution in [0.5, 0.6) is 0 Å². The minimum Gasteiger partial charge on any atom is -0.380 e. The highest BCUT2D eigenvalue weighted by molar-refractivity contribution is 7.90. The Morgan fingerprint density at radius 3 is 2.45 bits per heavy atom. The molecular formula is C15H14ClNO4S. The van der Waals surface area contributed by atoms with Crippen molar-refractivity contribution >= 4 is 27.5 Å². The maximum absolute atomic E-state index is 12.1. The van der Waals surface area contributed by atoms with E-state index in [0.717, 1.165) is 5.56 Å². The Morgan fingerprint density at radius 2 is 1.86 bits per heavy atom. The highest BCUT2D eigenvalue weighted by Gasteiger charge is 2.18. The predicted molar refractivity (Wildman–Crippen MR) is 83.3 cm³/mol. The van der Waals surface area contributed by atoms with E-state index >= 15 is 0 Å². The lowest BCUT2D eigenvalue weighted by atomic mass is 10.1. The number of carbonyl (C=O) groups excluding carboxylic acids is 1. The van der Waals surface area contributed by atoms with Crippen LogP contribution in [-0.2, 0) is 21.4 Å². The summed E-state index contributed by atoms with van der Waals surface area (Å²) in [4.78, 5) is 12.0. The van der Waals surface area contributed by atoms with Crippen molar-refractivity contribution in [3.05, 3.63) is 64.7 Å². The molecule has 0 radical (unpaired) electrons. The lowest BCUT2D eigenvalue weighted by Gasteiger charge is -2.08. The molecule has 2 rings (SSSR count). The lowest BCUT2D eigenvalue weighted by molar-refractivity contribution is 0.0981. The van der Waals surface area contributed by atoms with Gasteiger partial charge in [0.1, 0.15) is 0 Å². The van der Waals surface area contributed by atoms with Gasteiger partial charge in [0.15, 0.2) is 0 Å². The smallest absolute Gasteiger partial charge is 0.264 e. The number of amides is 1. The predicted octanol–water partition coefficient (Wildman–Crippen LogP) is 2.61. The van der Waals surface area contributed by atoms with Gasteiger partial charge in [-0.15, -0.1) is 0 Å². The maximum atomic E-state index is 12.1. The van der Waals surface area contributed by atoms with E-state index in [0.29, 0.717) is 6.61 Å². The Kier molecular flexibility index (Phi) is 5.18. The number of carbonyl (C=O) groups is 1. The number of sulfonamides is 1. The second-order valence-electron chi connectivity index (χ2n) is 4.52. The summed E-state index contributed by atoms with van der Waals surface area (Å²) in [5, 5.41) is 0.277. The first-order chi connectivity index (χ1) is 10.4. The molecule has 116 valence electrons. The Morgan fingerprint density at radius 1 is 1.18 bits per heavy atom. The second-order valence-corrected chi connectivity index (χ2v) is 6.64. The van der Waals surface area contributed by atoms with Crippen LogP contribution in [0.3, 0.4) is 0 Å². The topological polar surface area (TPSA) is 72.5 Å². The molecule has 0 bridgehead atoms. The van der Waals surface area contributed by atoms with Crippen LogP contribution in [0.2, 0.25) is 5.02 Å². The summed E-state index contributed by atoms with van der Waals surface area (Å²) >= 11 is 5.76. The lowest BCUT2D eigenvalue weighted by Crippen LogP contribution is -2.30. The number of hydrogen-bond donors (Lipinski definition) is 1. The fourth-order valence-electron chi connectivity index (χ4n) is 1.79. The standard InChI is InChI=1S/C15H14ClNO4S/c1-21-10-11-5-7-12(8-6-11)15(18)17-22(19,20)14-4-2-3-13(16)9-14/h2-9H,10H2,1H3,(H,17,18). The van der Waals surface area contributed by atoms with E-state index in [1.807, 2.05) is 4.72 Å². The monoisotopic (exact) mass is 339 g/mol. The summed E-state index contributed by atoms with van der Waals surface area (Å²) < 4.78 is 31.2. The van der Waals surface area contributed by atoms with E-state index < -0.39 is 15.9 Å². The Labute approximate surface area is 133 Å². The van der Waals surface area contributed by atoms with Gasteiger partial charge in [-0.1, -0.05) is 29.8 Å². The third kappa shape index (κ3) is 4.07. The van der Waals surface area contributed by atoms with Crippen molar-refractivity contribution in [1.82, 2.24) is 4.72 Å². The average Bonchev–Trinajstić information content (AvgIpc) is 2.48. The number of hydrogen-bond acceptors (Lipinski definition) is 4. The molecule has 0 fully saturated rings. The van der Waals surface area contributed by atoms with Crippen LogP contribution in [0.4, 0.5) is 0 Å². The van der Waals surface area contributed by atoms with E-state index in [-0.39, 0.29) is 15.5 Å². The molecule has 0 saturated carbocycles. The summed E-state index contributed by atoms with van der Waals surface area (Å²) in [5.41, 5.74) is 1.13. The number of nitrogens with one attached hydrogen (secondary N) is 1. The molecule has 0 unspecified atom stereocenters. The maximum Gasteiger partial charge on any atom is 0.264 e. The third-order valence-electron chi connectivity index (χ3n) is 2.86. The number of halogens is 1. The van der Waals surface area contributed by atoms with Crippen LogP contribution < -0.4 is 4.72 Å². The number of methoxy groups -OCH3 is 1. The Balaban J connectivity index is 2.17. The first-order valence-electron chi connectivity index (χ1n) is 6.33. The minimum atomic E-state index is -3.96. The molecule has 0 saturated heterocycles. The van der Waals surface area contributed by atoms with Gasteiger partial charge in [0.05, 0.1) is 11.5 Å². The first-order valence-corrected chi connectivity index (χ1v) is 8.19. The van der Waals surface area contributed by atoms with Gasteiger partial charge in [-0.3, -0.25) is 4.79 Å². The molecular weight excluding hydrogens is 326 g/mol. The fourth-order valence-corrected chi connectivity index (χ4v) is 3.07. The van der Waals surface area contributed by atoms with Crippen molar-refractivity contribution in [1.29, 1.82) is 0 Å². The highest BCUT2D eigenvalue weighted by Crippen LogP contribution is 2.15. The minimum absolute atomic E-state index is 0.0654. The zero-order chi connectivity index (χ0) is 16.2. The van der Waals surface area contributed by atoms with Crippen molar-refractivity contribution in [2.45, 2.75) is 11.5 Å². The second kappa shape index (κ2) is 6.91. The van der Waals surface area contributed by atoms with Crippen molar-refractivity contribution in [3.8, 4) is 0 Å². The molecule has 0 aliphatic heterocycles. The quantitative estimate of drug-likeness (QED) is 0.908. The molecule has 1 N–H and O–H groups in total. The zero-order valence-electron chi connectivity index (χ0n) is 11.7. The van der Waals surface area contributed by atoms with Gasteiger partial charge in [0.25, 0.3) is 15.9 Å². The number of benzene rings is 2. The van der Waals surface area contributed by atoms with Crippen LogP contribution >= 0.6 is 11.6 Å². The van der Waals surface area contributed by atoms with E-state index in [1.165, 1.54) is 30.3 Å². The van der Waals surface area contributed by atoms with Gasteiger partial charge < -0.3 is 4.74 Å². The Hall–Kier alpha value is -1.89. The molecule has 22 heavy (non-hydrogen) atoms. The fraction of sp³-hybridized carbons (Fsp3) is 0.133. The summed E-state index contributed by atoms with van der Waals surface area (Å²) in [5.74, 6) is -0.705. The normalized spacial score (nSPS) is 11.2. The first kappa shape index (κ1) is 16.5. The highest BCUT2D eigenvalue weighted by atomic mass is 35.5. The van der Waals surface area contributed by atoms with Crippen LogP contribution in [-0.4, -0.2) is 21.4 Å². The molecule has 0 heterocycles. The van der Waals surface area contributed by atoms with Gasteiger partial charge in [-0.2, -0.15) is 0 Å². The van der Waals surface area contributed by atoms with Gasteiger partial charge in [-0.05, 0) is 35.9 Å². The molecule has 2 aromatic rings. The largest absolute Gasteiger partial charge is 0.380 e. The van der Waals surface area contributed by atoms with Gasteiger partial charge in [0.2, 0.25) is 0 Å². The van der Waals surface area contributed by atoms with Gasteiger partial charge in [0, 0.05) is 17.7 Å². The summed E-state index contributed by atoms with van der Waals surface area (Å²) in [6.45, 7) is 0.419. The van der Waals surface area contributed by atoms with Crippen LogP contribution in [0, 0.1) is 0 Å².